The van der Waals surface area contributed by atoms with E-state index in [-0.39, 0.29) is 0 Å². The van der Waals surface area contributed by atoms with Crippen molar-refractivity contribution in [2.24, 2.45) is 0 Å². The lowest BCUT2D eigenvalue weighted by atomic mass is 10.1. The number of ether oxygens (including phenoxy) is 1. The normalized spacial score (nSPS) is 11.1. The second-order valence-corrected chi connectivity index (χ2v) is 4.61. The van der Waals surface area contributed by atoms with Crippen LogP contribution in [0.25, 0.3) is 23.1 Å². The quantitative estimate of drug-likeness (QED) is 0.703. The van der Waals surface area contributed by atoms with Crippen molar-refractivity contribution in [3.05, 3.63) is 71.9 Å². The summed E-state index contributed by atoms with van der Waals surface area (Å²) in [4.78, 5) is 3.41. The van der Waals surface area contributed by atoms with Gasteiger partial charge in [0.05, 0.1) is 7.11 Å². The van der Waals surface area contributed by atoms with E-state index in [4.69, 9.17) is 4.74 Å². The molecule has 3 rings (SSSR count). The van der Waals surface area contributed by atoms with Gasteiger partial charge in [0, 0.05) is 23.6 Å². The number of benzene rings is 2. The van der Waals surface area contributed by atoms with Crippen LogP contribution in [0.2, 0.25) is 0 Å². The van der Waals surface area contributed by atoms with Crippen molar-refractivity contribution in [1.29, 1.82) is 0 Å². The van der Waals surface area contributed by atoms with Crippen molar-refractivity contribution in [3.8, 4) is 5.75 Å². The average molecular weight is 262 g/mol. The summed E-state index contributed by atoms with van der Waals surface area (Å²) in [5, 5.41) is 1.22. The molecule has 0 fully saturated rings. The predicted octanol–water partition coefficient (Wildman–Crippen LogP) is 3.83. The van der Waals surface area contributed by atoms with Crippen LogP contribution < -0.4 is 9.72 Å². The van der Waals surface area contributed by atoms with Crippen molar-refractivity contribution in [3.63, 3.8) is 0 Å². The van der Waals surface area contributed by atoms with Gasteiger partial charge in [0.1, 0.15) is 5.75 Å². The van der Waals surface area contributed by atoms with Crippen LogP contribution in [0.5, 0.6) is 5.75 Å². The third-order valence-corrected chi connectivity index (χ3v) is 3.25. The number of pyridine rings is 1. The molecule has 0 bridgehead atoms. The zero-order valence-electron chi connectivity index (χ0n) is 11.3. The van der Waals surface area contributed by atoms with Crippen LogP contribution in [-0.2, 0) is 0 Å². The molecule has 0 amide bonds. The molecule has 0 saturated heterocycles. The molecule has 0 aliphatic carbocycles. The van der Waals surface area contributed by atoms with Crippen molar-refractivity contribution in [2.75, 3.05) is 7.11 Å². The molecule has 1 N–H and O–H groups in total. The number of aromatic amines is 1. The van der Waals surface area contributed by atoms with E-state index in [0.717, 1.165) is 22.5 Å². The van der Waals surface area contributed by atoms with Crippen LogP contribution in [0, 0.1) is 0 Å². The maximum absolute atomic E-state index is 5.15. The van der Waals surface area contributed by atoms with Crippen molar-refractivity contribution in [1.82, 2.24) is 0 Å². The van der Waals surface area contributed by atoms with Gasteiger partial charge in [-0.3, -0.25) is 0 Å². The standard InChI is InChI=1S/C18H15NO/c1-20-17-12-7-14(8-13-17)6-10-16-11-9-15-4-2-3-5-18(15)19-16/h2-13H,1H3/p+1/b10-6+. The summed E-state index contributed by atoms with van der Waals surface area (Å²) in [5.74, 6) is 0.874. The van der Waals surface area contributed by atoms with Gasteiger partial charge < -0.3 is 4.74 Å². The molecule has 98 valence electrons. The largest absolute Gasteiger partial charge is 0.497 e. The molecular weight excluding hydrogens is 246 g/mol. The number of rotatable bonds is 3. The molecule has 0 aliphatic heterocycles. The van der Waals surface area contributed by atoms with E-state index in [1.54, 1.807) is 7.11 Å². The molecule has 0 atom stereocenters. The second kappa shape index (κ2) is 5.57. The second-order valence-electron chi connectivity index (χ2n) is 4.61. The molecule has 3 aromatic rings. The first-order chi connectivity index (χ1) is 9.85. The van der Waals surface area contributed by atoms with Gasteiger partial charge in [0.2, 0.25) is 11.2 Å². The number of H-pyrrole nitrogens is 1. The Morgan fingerprint density at radius 3 is 2.45 bits per heavy atom. The van der Waals surface area contributed by atoms with E-state index in [1.807, 2.05) is 36.4 Å². The number of nitrogens with one attached hydrogen (secondary N) is 1. The Labute approximate surface area is 118 Å². The fourth-order valence-electron chi connectivity index (χ4n) is 2.13. The van der Waals surface area contributed by atoms with E-state index in [0.29, 0.717) is 0 Å². The summed E-state index contributed by atoms with van der Waals surface area (Å²) in [5.41, 5.74) is 3.37. The number of methoxy groups -OCH3 is 1. The predicted molar refractivity (Wildman–Crippen MR) is 82.4 cm³/mol. The molecule has 1 heterocycles. The highest BCUT2D eigenvalue weighted by Crippen LogP contribution is 2.14. The van der Waals surface area contributed by atoms with Crippen molar-refractivity contribution >= 4 is 23.1 Å². The lowest BCUT2D eigenvalue weighted by Crippen LogP contribution is -2.07. The Bertz CT molecular complexity index is 745. The van der Waals surface area contributed by atoms with E-state index < -0.39 is 0 Å². The third-order valence-electron chi connectivity index (χ3n) is 3.25. The van der Waals surface area contributed by atoms with Gasteiger partial charge in [-0.05, 0) is 35.9 Å². The Kier molecular flexibility index (Phi) is 3.46. The Balaban J connectivity index is 1.85. The highest BCUT2D eigenvalue weighted by Gasteiger charge is 2.01. The SMILES string of the molecule is COc1ccc(/C=C/c2ccc3ccccc3[nH+]2)cc1. The lowest BCUT2D eigenvalue weighted by molar-refractivity contribution is -0.347. The fraction of sp³-hybridized carbons (Fsp3) is 0.0556. The van der Waals surface area contributed by atoms with Crippen LogP contribution >= 0.6 is 0 Å². The highest BCUT2D eigenvalue weighted by atomic mass is 16.5. The van der Waals surface area contributed by atoms with Crippen molar-refractivity contribution < 1.29 is 9.72 Å². The molecule has 0 spiro atoms. The number of aromatic nitrogens is 1. The first-order valence-electron chi connectivity index (χ1n) is 6.58. The smallest absolute Gasteiger partial charge is 0.211 e. The maximum Gasteiger partial charge on any atom is 0.211 e. The maximum atomic E-state index is 5.15. The van der Waals surface area contributed by atoms with Gasteiger partial charge in [-0.15, -0.1) is 0 Å². The zero-order chi connectivity index (χ0) is 13.8. The number of fused-ring (bicyclic) bond motifs is 1. The molecule has 1 aromatic heterocycles. The highest BCUT2D eigenvalue weighted by molar-refractivity contribution is 5.76. The number of hydrogen-bond acceptors (Lipinski definition) is 1. The molecule has 0 aliphatic rings. The van der Waals surface area contributed by atoms with Gasteiger partial charge >= 0.3 is 0 Å². The molecule has 2 heteroatoms. The Morgan fingerprint density at radius 1 is 0.850 bits per heavy atom. The van der Waals surface area contributed by atoms with Gasteiger partial charge in [0.25, 0.3) is 0 Å². The van der Waals surface area contributed by atoms with Gasteiger partial charge in [-0.2, -0.15) is 0 Å². The monoisotopic (exact) mass is 262 g/mol. The van der Waals surface area contributed by atoms with Crippen LogP contribution in [0.15, 0.2) is 60.7 Å². The van der Waals surface area contributed by atoms with E-state index in [2.05, 4.69) is 41.4 Å². The van der Waals surface area contributed by atoms with Crippen molar-refractivity contribution in [2.45, 2.75) is 0 Å². The minimum atomic E-state index is 0.874. The molecule has 2 nitrogen and oxygen atoms in total. The van der Waals surface area contributed by atoms with E-state index >= 15 is 0 Å². The number of para-hydroxylation sites is 1. The topological polar surface area (TPSA) is 23.4 Å². The minimum Gasteiger partial charge on any atom is -0.497 e. The molecule has 0 saturated carbocycles. The first kappa shape index (κ1) is 12.4. The lowest BCUT2D eigenvalue weighted by Gasteiger charge is -1.98. The number of hydrogen-bond donors (Lipinski definition) is 0. The van der Waals surface area contributed by atoms with Gasteiger partial charge in [0.15, 0.2) is 0 Å². The van der Waals surface area contributed by atoms with Crippen LogP contribution in [0.4, 0.5) is 0 Å². The van der Waals surface area contributed by atoms with Gasteiger partial charge in [-0.1, -0.05) is 24.3 Å². The molecule has 2 aromatic carbocycles. The van der Waals surface area contributed by atoms with E-state index in [1.165, 1.54) is 5.39 Å². The first-order valence-corrected chi connectivity index (χ1v) is 6.58. The summed E-state index contributed by atoms with van der Waals surface area (Å²) < 4.78 is 5.15. The summed E-state index contributed by atoms with van der Waals surface area (Å²) >= 11 is 0. The minimum absolute atomic E-state index is 0.874. The molecule has 0 unspecified atom stereocenters. The van der Waals surface area contributed by atoms with E-state index in [9.17, 15) is 0 Å². The fourth-order valence-corrected chi connectivity index (χ4v) is 2.13. The molecule has 20 heavy (non-hydrogen) atoms. The molecule has 0 radical (unpaired) electrons. The summed E-state index contributed by atoms with van der Waals surface area (Å²) in [6.07, 6.45) is 4.16. The zero-order valence-corrected chi connectivity index (χ0v) is 11.3. The van der Waals surface area contributed by atoms with Crippen LogP contribution in [-0.4, -0.2) is 7.11 Å². The van der Waals surface area contributed by atoms with Crippen LogP contribution in [0.3, 0.4) is 0 Å². The van der Waals surface area contributed by atoms with Gasteiger partial charge in [-0.25, -0.2) is 4.98 Å². The summed E-state index contributed by atoms with van der Waals surface area (Å²) in [6.45, 7) is 0. The molecular formula is C18H16NO+. The third kappa shape index (κ3) is 2.69. The summed E-state index contributed by atoms with van der Waals surface area (Å²) in [7, 11) is 1.68. The Hall–Kier alpha value is -2.61. The average Bonchev–Trinajstić information content (AvgIpc) is 2.53. The Morgan fingerprint density at radius 2 is 1.65 bits per heavy atom. The summed E-state index contributed by atoms with van der Waals surface area (Å²) in [6, 6.07) is 20.5. The van der Waals surface area contributed by atoms with Crippen LogP contribution in [0.1, 0.15) is 11.3 Å².